The average Bonchev–Trinajstić information content (AvgIpc) is 2.74. The van der Waals surface area contributed by atoms with E-state index in [1.54, 1.807) is 0 Å². The normalized spacial score (nSPS) is 10.6. The average molecular weight is 418 g/mol. The van der Waals surface area contributed by atoms with Gasteiger partial charge in [0.1, 0.15) is 0 Å². The molecule has 0 N–H and O–H groups in total. The monoisotopic (exact) mass is 417 g/mol. The Hall–Kier alpha value is -1.89. The second-order valence-corrected chi connectivity index (χ2v) is 7.98. The van der Waals surface area contributed by atoms with E-state index < -0.39 is 0 Å². The predicted molar refractivity (Wildman–Crippen MR) is 125 cm³/mol. The second kappa shape index (κ2) is 17.9. The molecule has 0 heterocycles. The van der Waals surface area contributed by atoms with Crippen molar-refractivity contribution < 1.29 is 14.2 Å². The Morgan fingerprint density at radius 3 is 1.47 bits per heavy atom. The standard InChI is InChI=1S/C26H43NO3/c1-4-7-10-13-18-28-24-21-23(16-17-27)22-25(29-19-14-11-8-5-2)26(24)30-20-15-12-9-6-3/h21-22H,4-16,18-20H2,1-3H3. The van der Waals surface area contributed by atoms with E-state index in [1.807, 2.05) is 12.1 Å². The van der Waals surface area contributed by atoms with Gasteiger partial charge in [-0.15, -0.1) is 0 Å². The summed E-state index contributed by atoms with van der Waals surface area (Å²) in [6.45, 7) is 8.62. The molecule has 0 saturated heterocycles. The van der Waals surface area contributed by atoms with E-state index in [2.05, 4.69) is 26.8 Å². The van der Waals surface area contributed by atoms with Crippen molar-refractivity contribution in [2.45, 2.75) is 104 Å². The quantitative estimate of drug-likeness (QED) is 0.217. The third-order valence-electron chi connectivity index (χ3n) is 5.12. The molecule has 1 aromatic carbocycles. The van der Waals surface area contributed by atoms with E-state index in [-0.39, 0.29) is 0 Å². The third kappa shape index (κ3) is 11.3. The van der Waals surface area contributed by atoms with E-state index in [9.17, 15) is 5.26 Å². The van der Waals surface area contributed by atoms with Crippen LogP contribution in [0.25, 0.3) is 0 Å². The molecule has 0 fully saturated rings. The molecule has 0 unspecified atom stereocenters. The lowest BCUT2D eigenvalue weighted by Gasteiger charge is -2.18. The molecule has 0 atom stereocenters. The van der Waals surface area contributed by atoms with Crippen LogP contribution in [-0.4, -0.2) is 19.8 Å². The maximum Gasteiger partial charge on any atom is 0.203 e. The molecule has 0 radical (unpaired) electrons. The topological polar surface area (TPSA) is 51.5 Å². The summed E-state index contributed by atoms with van der Waals surface area (Å²) in [5.74, 6) is 2.15. The molecule has 0 bridgehead atoms. The van der Waals surface area contributed by atoms with Gasteiger partial charge in [-0.25, -0.2) is 0 Å². The zero-order valence-electron chi connectivity index (χ0n) is 19.6. The fourth-order valence-corrected chi connectivity index (χ4v) is 3.31. The second-order valence-electron chi connectivity index (χ2n) is 7.98. The van der Waals surface area contributed by atoms with Gasteiger partial charge in [0, 0.05) is 0 Å². The number of nitriles is 1. The first-order valence-corrected chi connectivity index (χ1v) is 12.2. The van der Waals surface area contributed by atoms with Gasteiger partial charge in [-0.2, -0.15) is 5.26 Å². The number of hydrogen-bond donors (Lipinski definition) is 0. The molecule has 1 rings (SSSR count). The fourth-order valence-electron chi connectivity index (χ4n) is 3.31. The zero-order valence-corrected chi connectivity index (χ0v) is 19.6. The highest BCUT2D eigenvalue weighted by Crippen LogP contribution is 2.39. The maximum atomic E-state index is 9.18. The highest BCUT2D eigenvalue weighted by atomic mass is 16.5. The first-order valence-electron chi connectivity index (χ1n) is 12.2. The van der Waals surface area contributed by atoms with Crippen LogP contribution in [0.1, 0.15) is 103 Å². The van der Waals surface area contributed by atoms with Gasteiger partial charge in [-0.3, -0.25) is 0 Å². The van der Waals surface area contributed by atoms with Gasteiger partial charge in [0.05, 0.1) is 32.3 Å². The van der Waals surface area contributed by atoms with Crippen LogP contribution in [0.5, 0.6) is 17.2 Å². The number of ether oxygens (including phenoxy) is 3. The van der Waals surface area contributed by atoms with Crippen LogP contribution in [0.3, 0.4) is 0 Å². The van der Waals surface area contributed by atoms with Crippen LogP contribution < -0.4 is 14.2 Å². The zero-order chi connectivity index (χ0) is 21.9. The van der Waals surface area contributed by atoms with Crippen LogP contribution >= 0.6 is 0 Å². The lowest BCUT2D eigenvalue weighted by atomic mass is 10.1. The Balaban J connectivity index is 2.89. The van der Waals surface area contributed by atoms with Crippen molar-refractivity contribution in [1.82, 2.24) is 0 Å². The van der Waals surface area contributed by atoms with Gasteiger partial charge < -0.3 is 14.2 Å². The van der Waals surface area contributed by atoms with E-state index >= 15 is 0 Å². The SMILES string of the molecule is CCCCCCOc1cc(CC#N)cc(OCCCCCC)c1OCCCCCC. The number of hydrogen-bond acceptors (Lipinski definition) is 4. The van der Waals surface area contributed by atoms with Gasteiger partial charge in [0.15, 0.2) is 11.5 Å². The minimum atomic E-state index is 0.342. The Morgan fingerprint density at radius 2 is 1.07 bits per heavy atom. The van der Waals surface area contributed by atoms with Crippen LogP contribution in [-0.2, 0) is 6.42 Å². The summed E-state index contributed by atoms with van der Waals surface area (Å²) >= 11 is 0. The van der Waals surface area contributed by atoms with E-state index in [0.717, 1.165) is 36.3 Å². The number of unbranched alkanes of at least 4 members (excludes halogenated alkanes) is 9. The molecular weight excluding hydrogens is 374 g/mol. The van der Waals surface area contributed by atoms with Gasteiger partial charge >= 0.3 is 0 Å². The number of rotatable bonds is 19. The molecule has 0 aliphatic rings. The molecule has 0 aliphatic heterocycles. The minimum absolute atomic E-state index is 0.342. The van der Waals surface area contributed by atoms with Crippen LogP contribution in [0.15, 0.2) is 12.1 Å². The van der Waals surface area contributed by atoms with Crippen molar-refractivity contribution in [3.8, 4) is 23.3 Å². The Morgan fingerprint density at radius 1 is 0.633 bits per heavy atom. The third-order valence-corrected chi connectivity index (χ3v) is 5.12. The molecule has 0 aliphatic carbocycles. The summed E-state index contributed by atoms with van der Waals surface area (Å²) < 4.78 is 18.4. The van der Waals surface area contributed by atoms with Crippen molar-refractivity contribution in [2.24, 2.45) is 0 Å². The fraction of sp³-hybridized carbons (Fsp3) is 0.731. The number of nitrogens with zero attached hydrogens (tertiary/aromatic N) is 1. The molecule has 4 nitrogen and oxygen atoms in total. The first-order chi connectivity index (χ1) is 14.8. The molecular formula is C26H43NO3. The summed E-state index contributed by atoms with van der Waals surface area (Å²) in [5.41, 5.74) is 0.919. The van der Waals surface area contributed by atoms with E-state index in [4.69, 9.17) is 14.2 Å². The maximum absolute atomic E-state index is 9.18. The van der Waals surface area contributed by atoms with Crippen molar-refractivity contribution in [3.63, 3.8) is 0 Å². The summed E-state index contributed by atoms with van der Waals surface area (Å²) in [7, 11) is 0. The molecule has 0 spiro atoms. The highest BCUT2D eigenvalue weighted by molar-refractivity contribution is 5.54. The Labute approximate surface area is 184 Å². The lowest BCUT2D eigenvalue weighted by Crippen LogP contribution is -2.07. The molecule has 0 amide bonds. The summed E-state index contributed by atoms with van der Waals surface area (Å²) in [5, 5.41) is 9.18. The first kappa shape index (κ1) is 26.1. The van der Waals surface area contributed by atoms with Gasteiger partial charge in [-0.05, 0) is 37.0 Å². The van der Waals surface area contributed by atoms with Gasteiger partial charge in [-0.1, -0.05) is 78.6 Å². The molecule has 170 valence electrons. The molecule has 0 aromatic heterocycles. The predicted octanol–water partition coefficient (Wildman–Crippen LogP) is 7.63. The molecule has 0 saturated carbocycles. The van der Waals surface area contributed by atoms with Crippen LogP contribution in [0, 0.1) is 11.3 Å². The smallest absolute Gasteiger partial charge is 0.203 e. The highest BCUT2D eigenvalue weighted by Gasteiger charge is 2.16. The van der Waals surface area contributed by atoms with Gasteiger partial charge in [0.25, 0.3) is 0 Å². The molecule has 1 aromatic rings. The molecule has 4 heteroatoms. The molecule has 30 heavy (non-hydrogen) atoms. The van der Waals surface area contributed by atoms with Crippen LogP contribution in [0.2, 0.25) is 0 Å². The van der Waals surface area contributed by atoms with Crippen molar-refractivity contribution >= 4 is 0 Å². The van der Waals surface area contributed by atoms with Crippen molar-refractivity contribution in [3.05, 3.63) is 17.7 Å². The Bertz CT molecular complexity index is 559. The van der Waals surface area contributed by atoms with Crippen molar-refractivity contribution in [2.75, 3.05) is 19.8 Å². The number of benzene rings is 1. The summed E-state index contributed by atoms with van der Waals surface area (Å²) in [4.78, 5) is 0. The largest absolute Gasteiger partial charge is 0.490 e. The Kier molecular flexibility index (Phi) is 15.6. The lowest BCUT2D eigenvalue weighted by molar-refractivity contribution is 0.234. The van der Waals surface area contributed by atoms with Gasteiger partial charge in [0.2, 0.25) is 5.75 Å². The minimum Gasteiger partial charge on any atom is -0.490 e. The van der Waals surface area contributed by atoms with E-state index in [1.165, 1.54) is 57.8 Å². The van der Waals surface area contributed by atoms with Crippen LogP contribution in [0.4, 0.5) is 0 Å². The van der Waals surface area contributed by atoms with E-state index in [0.29, 0.717) is 32.0 Å². The van der Waals surface area contributed by atoms with Crippen molar-refractivity contribution in [1.29, 1.82) is 5.26 Å². The summed E-state index contributed by atoms with van der Waals surface area (Å²) in [6, 6.07) is 6.15. The summed E-state index contributed by atoms with van der Waals surface area (Å²) in [6.07, 6.45) is 14.2.